The van der Waals surface area contributed by atoms with E-state index in [4.69, 9.17) is 11.6 Å². The Labute approximate surface area is 173 Å². The monoisotopic (exact) mass is 416 g/mol. The number of rotatable bonds is 7. The van der Waals surface area contributed by atoms with Crippen LogP contribution in [0.4, 0.5) is 5.69 Å². The number of nitrogens with one attached hydrogen (secondary N) is 2. The van der Waals surface area contributed by atoms with Crippen molar-refractivity contribution in [3.05, 3.63) is 74.3 Å². The van der Waals surface area contributed by atoms with Crippen LogP contribution in [0.25, 0.3) is 0 Å². The lowest BCUT2D eigenvalue weighted by Crippen LogP contribution is -2.48. The molecule has 9 heteroatoms. The van der Waals surface area contributed by atoms with Crippen LogP contribution in [0, 0.1) is 23.0 Å². The standard InChI is InChI=1S/C20H21ClN4O4/c1-12(2)18(23-19(26)15-6-8-16(21)9-7-15)20(27)24-22-11-14-5-4-13(3)17(10-14)25(28)29/h4-12,18H,1-3H3,(H,23,26)(H,24,27). The van der Waals surface area contributed by atoms with Crippen molar-refractivity contribution in [2.24, 2.45) is 11.0 Å². The van der Waals surface area contributed by atoms with Gasteiger partial charge in [-0.3, -0.25) is 19.7 Å². The summed E-state index contributed by atoms with van der Waals surface area (Å²) in [4.78, 5) is 35.3. The van der Waals surface area contributed by atoms with Gasteiger partial charge in [0.15, 0.2) is 0 Å². The lowest BCUT2D eigenvalue weighted by Gasteiger charge is -2.20. The van der Waals surface area contributed by atoms with Gasteiger partial charge < -0.3 is 5.32 Å². The van der Waals surface area contributed by atoms with E-state index in [1.807, 2.05) is 0 Å². The average molecular weight is 417 g/mol. The first-order valence-corrected chi connectivity index (χ1v) is 9.21. The van der Waals surface area contributed by atoms with Crippen molar-refractivity contribution < 1.29 is 14.5 Å². The molecule has 2 aromatic carbocycles. The van der Waals surface area contributed by atoms with Gasteiger partial charge in [0.25, 0.3) is 17.5 Å². The van der Waals surface area contributed by atoms with E-state index in [0.29, 0.717) is 21.7 Å². The summed E-state index contributed by atoms with van der Waals surface area (Å²) in [5, 5.41) is 18.0. The highest BCUT2D eigenvalue weighted by atomic mass is 35.5. The van der Waals surface area contributed by atoms with E-state index in [1.54, 1.807) is 57.2 Å². The van der Waals surface area contributed by atoms with Gasteiger partial charge in [-0.2, -0.15) is 5.10 Å². The van der Waals surface area contributed by atoms with Crippen molar-refractivity contribution in [2.45, 2.75) is 26.8 Å². The molecule has 2 N–H and O–H groups in total. The minimum absolute atomic E-state index is 0.0319. The first kappa shape index (κ1) is 22.0. The van der Waals surface area contributed by atoms with Crippen LogP contribution in [0.15, 0.2) is 47.6 Å². The van der Waals surface area contributed by atoms with Crippen molar-refractivity contribution in [1.29, 1.82) is 0 Å². The van der Waals surface area contributed by atoms with Gasteiger partial charge in [-0.05, 0) is 37.1 Å². The zero-order valence-electron chi connectivity index (χ0n) is 16.2. The van der Waals surface area contributed by atoms with Gasteiger partial charge in [0.2, 0.25) is 0 Å². The molecular formula is C20H21ClN4O4. The molecule has 0 saturated carbocycles. The normalized spacial score (nSPS) is 12.0. The Morgan fingerprint density at radius 3 is 2.41 bits per heavy atom. The van der Waals surface area contributed by atoms with E-state index >= 15 is 0 Å². The number of nitrogens with zero attached hydrogens (tertiary/aromatic N) is 2. The highest BCUT2D eigenvalue weighted by molar-refractivity contribution is 6.30. The number of hydrogen-bond donors (Lipinski definition) is 2. The molecule has 0 saturated heterocycles. The highest BCUT2D eigenvalue weighted by Crippen LogP contribution is 2.18. The van der Waals surface area contributed by atoms with Crippen LogP contribution in [-0.4, -0.2) is 29.0 Å². The smallest absolute Gasteiger partial charge is 0.272 e. The third kappa shape index (κ3) is 6.11. The molecule has 0 fully saturated rings. The fourth-order valence-electron chi connectivity index (χ4n) is 2.50. The molecule has 0 aliphatic rings. The number of aryl methyl sites for hydroxylation is 1. The molecule has 0 aliphatic heterocycles. The van der Waals surface area contributed by atoms with Gasteiger partial charge in [-0.15, -0.1) is 0 Å². The minimum Gasteiger partial charge on any atom is -0.340 e. The lowest BCUT2D eigenvalue weighted by molar-refractivity contribution is -0.385. The van der Waals surface area contributed by atoms with Crippen LogP contribution in [-0.2, 0) is 4.79 Å². The van der Waals surface area contributed by atoms with Crippen LogP contribution in [0.2, 0.25) is 5.02 Å². The van der Waals surface area contributed by atoms with Gasteiger partial charge >= 0.3 is 0 Å². The summed E-state index contributed by atoms with van der Waals surface area (Å²) in [5.74, 6) is -1.10. The molecule has 152 valence electrons. The first-order valence-electron chi connectivity index (χ1n) is 8.83. The third-order valence-electron chi connectivity index (χ3n) is 4.16. The molecule has 2 amide bonds. The zero-order chi connectivity index (χ0) is 21.6. The summed E-state index contributed by atoms with van der Waals surface area (Å²) in [7, 11) is 0. The maximum atomic E-state index is 12.5. The van der Waals surface area contributed by atoms with Gasteiger partial charge in [0.1, 0.15) is 6.04 Å². The molecular weight excluding hydrogens is 396 g/mol. The largest absolute Gasteiger partial charge is 0.340 e. The Kier molecular flexibility index (Phi) is 7.44. The summed E-state index contributed by atoms with van der Waals surface area (Å²) in [6.45, 7) is 5.22. The molecule has 1 atom stereocenters. The summed E-state index contributed by atoms with van der Waals surface area (Å²) < 4.78 is 0. The van der Waals surface area contributed by atoms with Gasteiger partial charge in [-0.25, -0.2) is 5.43 Å². The van der Waals surface area contributed by atoms with Crippen LogP contribution in [0.3, 0.4) is 0 Å². The Morgan fingerprint density at radius 2 is 1.83 bits per heavy atom. The van der Waals surface area contributed by atoms with Crippen LogP contribution in [0.5, 0.6) is 0 Å². The fraction of sp³-hybridized carbons (Fsp3) is 0.250. The number of amides is 2. The number of halogens is 1. The molecule has 0 spiro atoms. The number of benzene rings is 2. The van der Waals surface area contributed by atoms with Crippen LogP contribution >= 0.6 is 11.6 Å². The molecule has 29 heavy (non-hydrogen) atoms. The number of carbonyl (C=O) groups is 2. The second kappa shape index (κ2) is 9.79. The first-order chi connectivity index (χ1) is 13.7. The van der Waals surface area contributed by atoms with Gasteiger partial charge in [-0.1, -0.05) is 37.6 Å². The van der Waals surface area contributed by atoms with Gasteiger partial charge in [0.05, 0.1) is 11.1 Å². The number of nitro groups is 1. The quantitative estimate of drug-likeness (QED) is 0.408. The molecule has 0 bridgehead atoms. The Balaban J connectivity index is 2.05. The number of nitro benzene ring substituents is 1. The molecule has 8 nitrogen and oxygen atoms in total. The number of hydrazone groups is 1. The molecule has 1 unspecified atom stereocenters. The van der Waals surface area contributed by atoms with Gasteiger partial charge in [0, 0.05) is 27.8 Å². The van der Waals surface area contributed by atoms with E-state index in [-0.39, 0.29) is 11.6 Å². The number of hydrogen-bond acceptors (Lipinski definition) is 5. The maximum absolute atomic E-state index is 12.5. The molecule has 0 aromatic heterocycles. The Morgan fingerprint density at radius 1 is 1.17 bits per heavy atom. The predicted molar refractivity (Wildman–Crippen MR) is 111 cm³/mol. The summed E-state index contributed by atoms with van der Waals surface area (Å²) in [5.41, 5.74) is 3.71. The SMILES string of the molecule is Cc1ccc(C=NNC(=O)C(NC(=O)c2ccc(Cl)cc2)C(C)C)cc1[N+](=O)[O-]. The highest BCUT2D eigenvalue weighted by Gasteiger charge is 2.24. The summed E-state index contributed by atoms with van der Waals surface area (Å²) in [6.07, 6.45) is 1.31. The second-order valence-electron chi connectivity index (χ2n) is 6.74. The minimum atomic E-state index is -0.817. The molecule has 2 rings (SSSR count). The van der Waals surface area contributed by atoms with Crippen molar-refractivity contribution in [1.82, 2.24) is 10.7 Å². The number of carbonyl (C=O) groups excluding carboxylic acids is 2. The Hall–Kier alpha value is -3.26. The third-order valence-corrected chi connectivity index (χ3v) is 4.41. The van der Waals surface area contributed by atoms with Crippen molar-refractivity contribution in [2.75, 3.05) is 0 Å². The second-order valence-corrected chi connectivity index (χ2v) is 7.18. The maximum Gasteiger partial charge on any atom is 0.272 e. The Bertz CT molecular complexity index is 942. The van der Waals surface area contributed by atoms with E-state index in [2.05, 4.69) is 15.8 Å². The summed E-state index contributed by atoms with van der Waals surface area (Å²) in [6, 6.07) is 10.1. The summed E-state index contributed by atoms with van der Waals surface area (Å²) >= 11 is 5.82. The van der Waals surface area contributed by atoms with Crippen LogP contribution < -0.4 is 10.7 Å². The van der Waals surface area contributed by atoms with Crippen molar-refractivity contribution in [3.63, 3.8) is 0 Å². The van der Waals surface area contributed by atoms with E-state index in [0.717, 1.165) is 0 Å². The van der Waals surface area contributed by atoms with Crippen LogP contribution in [0.1, 0.15) is 35.3 Å². The van der Waals surface area contributed by atoms with Crippen molar-refractivity contribution >= 4 is 35.3 Å². The van der Waals surface area contributed by atoms with E-state index in [1.165, 1.54) is 12.3 Å². The topological polar surface area (TPSA) is 114 Å². The van der Waals surface area contributed by atoms with E-state index in [9.17, 15) is 19.7 Å². The van der Waals surface area contributed by atoms with E-state index < -0.39 is 22.8 Å². The van der Waals surface area contributed by atoms with Crippen molar-refractivity contribution in [3.8, 4) is 0 Å². The molecule has 2 aromatic rings. The zero-order valence-corrected chi connectivity index (χ0v) is 16.9. The molecule has 0 radical (unpaired) electrons. The molecule has 0 aliphatic carbocycles. The lowest BCUT2D eigenvalue weighted by atomic mass is 10.0. The average Bonchev–Trinajstić information content (AvgIpc) is 2.67. The predicted octanol–water partition coefficient (Wildman–Crippen LogP) is 3.46. The fourth-order valence-corrected chi connectivity index (χ4v) is 2.63. The molecule has 0 heterocycles.